The Morgan fingerprint density at radius 3 is 2.71 bits per heavy atom. The molecule has 4 nitrogen and oxygen atoms in total. The number of nitrogens with zero attached hydrogens (tertiary/aromatic N) is 2. The number of carbonyl (C=O) groups excluding carboxylic acids is 1. The summed E-state index contributed by atoms with van der Waals surface area (Å²) in [5, 5.41) is 9.83. The van der Waals surface area contributed by atoms with Gasteiger partial charge in [-0.05, 0) is 55.3 Å². The summed E-state index contributed by atoms with van der Waals surface area (Å²) in [5.74, 6) is 0.562. The molecule has 24 heavy (non-hydrogen) atoms. The lowest BCUT2D eigenvalue weighted by Gasteiger charge is -2.13. The zero-order valence-electron chi connectivity index (χ0n) is 13.5. The normalized spacial score (nSPS) is 15.2. The molecule has 2 aromatic heterocycles. The first-order valence-corrected chi connectivity index (χ1v) is 9.10. The second-order valence-corrected chi connectivity index (χ2v) is 7.19. The monoisotopic (exact) mass is 337 g/mol. The van der Waals surface area contributed by atoms with E-state index in [0.717, 1.165) is 16.3 Å². The van der Waals surface area contributed by atoms with E-state index >= 15 is 0 Å². The number of para-hydroxylation sites is 1. The molecular formula is C19H19N3OS. The molecule has 1 aliphatic rings. The first-order valence-electron chi connectivity index (χ1n) is 8.22. The lowest BCUT2D eigenvalue weighted by molar-refractivity contribution is 0.0928. The van der Waals surface area contributed by atoms with Gasteiger partial charge in [0.25, 0.3) is 5.91 Å². The van der Waals surface area contributed by atoms with Crippen LogP contribution in [0.4, 0.5) is 0 Å². The molecule has 2 heterocycles. The molecule has 1 unspecified atom stereocenters. The van der Waals surface area contributed by atoms with Crippen LogP contribution >= 0.6 is 11.3 Å². The van der Waals surface area contributed by atoms with E-state index < -0.39 is 0 Å². The molecule has 122 valence electrons. The number of amides is 1. The first-order chi connectivity index (χ1) is 11.7. The number of benzene rings is 1. The molecule has 1 fully saturated rings. The van der Waals surface area contributed by atoms with Gasteiger partial charge in [0.1, 0.15) is 11.4 Å². The number of carbonyl (C=O) groups is 1. The van der Waals surface area contributed by atoms with Crippen molar-refractivity contribution in [1.29, 1.82) is 0 Å². The van der Waals surface area contributed by atoms with Gasteiger partial charge in [0.15, 0.2) is 0 Å². The molecule has 0 aliphatic heterocycles. The molecular weight excluding hydrogens is 318 g/mol. The third kappa shape index (κ3) is 2.99. The Morgan fingerprint density at radius 2 is 2.04 bits per heavy atom. The highest BCUT2D eigenvalue weighted by atomic mass is 32.1. The molecule has 0 radical (unpaired) electrons. The maximum Gasteiger partial charge on any atom is 0.270 e. The third-order valence-corrected chi connectivity index (χ3v) is 5.30. The Hall–Kier alpha value is -2.40. The second-order valence-electron chi connectivity index (χ2n) is 6.24. The van der Waals surface area contributed by atoms with E-state index in [0.29, 0.717) is 11.6 Å². The number of hydrogen-bond acceptors (Lipinski definition) is 3. The standard InChI is InChI=1S/C19H19N3OS/c1-13(14-9-10-14)20-19(23)17-12-16(18-8-5-11-24-18)21-22(17)15-6-3-2-4-7-15/h2-8,11-14H,9-10H2,1H3,(H,20,23). The van der Waals surface area contributed by atoms with Crippen molar-refractivity contribution in [3.8, 4) is 16.3 Å². The zero-order valence-corrected chi connectivity index (χ0v) is 14.3. The fraction of sp³-hybridized carbons (Fsp3) is 0.263. The summed E-state index contributed by atoms with van der Waals surface area (Å²) in [6, 6.07) is 15.9. The number of thiophene rings is 1. The largest absolute Gasteiger partial charge is 0.348 e. The van der Waals surface area contributed by atoms with Gasteiger partial charge in [-0.15, -0.1) is 11.3 Å². The average Bonchev–Trinajstić information content (AvgIpc) is 3.13. The molecule has 5 heteroatoms. The molecule has 0 bridgehead atoms. The van der Waals surface area contributed by atoms with Crippen molar-refractivity contribution in [1.82, 2.24) is 15.1 Å². The van der Waals surface area contributed by atoms with Crippen LogP contribution in [0.1, 0.15) is 30.3 Å². The summed E-state index contributed by atoms with van der Waals surface area (Å²) in [5.41, 5.74) is 2.31. The summed E-state index contributed by atoms with van der Waals surface area (Å²) in [6.07, 6.45) is 2.42. The summed E-state index contributed by atoms with van der Waals surface area (Å²) in [7, 11) is 0. The van der Waals surface area contributed by atoms with Crippen LogP contribution in [0.2, 0.25) is 0 Å². The van der Waals surface area contributed by atoms with E-state index in [9.17, 15) is 4.79 Å². The Kier molecular flexibility index (Phi) is 3.94. The Morgan fingerprint density at radius 1 is 1.25 bits per heavy atom. The summed E-state index contributed by atoms with van der Waals surface area (Å²) < 4.78 is 1.74. The summed E-state index contributed by atoms with van der Waals surface area (Å²) in [4.78, 5) is 13.9. The van der Waals surface area contributed by atoms with Gasteiger partial charge < -0.3 is 5.32 Å². The first kappa shape index (κ1) is 15.1. The highest BCUT2D eigenvalue weighted by Crippen LogP contribution is 2.32. The predicted octanol–water partition coefficient (Wildman–Crippen LogP) is 4.13. The molecule has 1 atom stereocenters. The van der Waals surface area contributed by atoms with Gasteiger partial charge in [-0.1, -0.05) is 24.3 Å². The minimum atomic E-state index is -0.0615. The Balaban J connectivity index is 1.71. The van der Waals surface area contributed by atoms with Crippen LogP contribution in [0.25, 0.3) is 16.3 Å². The van der Waals surface area contributed by atoms with Crippen LogP contribution in [0, 0.1) is 5.92 Å². The highest BCUT2D eigenvalue weighted by molar-refractivity contribution is 7.13. The minimum Gasteiger partial charge on any atom is -0.348 e. The second kappa shape index (κ2) is 6.24. The Labute approximate surface area is 145 Å². The molecule has 1 N–H and O–H groups in total. The fourth-order valence-corrected chi connectivity index (χ4v) is 3.53. The Bertz CT molecular complexity index is 835. The van der Waals surface area contributed by atoms with Crippen molar-refractivity contribution in [2.24, 2.45) is 5.92 Å². The smallest absolute Gasteiger partial charge is 0.270 e. The van der Waals surface area contributed by atoms with Crippen LogP contribution in [0.3, 0.4) is 0 Å². The topological polar surface area (TPSA) is 46.9 Å². The van der Waals surface area contributed by atoms with Crippen molar-refractivity contribution in [3.05, 3.63) is 59.6 Å². The lowest BCUT2D eigenvalue weighted by atomic mass is 10.2. The van der Waals surface area contributed by atoms with Crippen molar-refractivity contribution < 1.29 is 4.79 Å². The number of rotatable bonds is 5. The van der Waals surface area contributed by atoms with Crippen LogP contribution in [-0.4, -0.2) is 21.7 Å². The zero-order chi connectivity index (χ0) is 16.5. The molecule has 0 spiro atoms. The van der Waals surface area contributed by atoms with Crippen LogP contribution in [0.5, 0.6) is 0 Å². The molecule has 0 saturated heterocycles. The van der Waals surface area contributed by atoms with Gasteiger partial charge in [-0.3, -0.25) is 4.79 Å². The highest BCUT2D eigenvalue weighted by Gasteiger charge is 2.30. The maximum atomic E-state index is 12.8. The molecule has 3 aromatic rings. The minimum absolute atomic E-state index is 0.0615. The van der Waals surface area contributed by atoms with E-state index in [4.69, 9.17) is 0 Å². The van der Waals surface area contributed by atoms with Crippen LogP contribution in [0.15, 0.2) is 53.9 Å². The van der Waals surface area contributed by atoms with Gasteiger partial charge in [0.05, 0.1) is 10.6 Å². The molecule has 4 rings (SSSR count). The maximum absolute atomic E-state index is 12.8. The van der Waals surface area contributed by atoms with Crippen LogP contribution in [-0.2, 0) is 0 Å². The summed E-state index contributed by atoms with van der Waals surface area (Å²) >= 11 is 1.63. The third-order valence-electron chi connectivity index (χ3n) is 4.40. The number of nitrogens with one attached hydrogen (secondary N) is 1. The quantitative estimate of drug-likeness (QED) is 0.761. The van der Waals surface area contributed by atoms with Crippen LogP contribution < -0.4 is 5.32 Å². The van der Waals surface area contributed by atoms with Gasteiger partial charge >= 0.3 is 0 Å². The molecule has 1 aliphatic carbocycles. The SMILES string of the molecule is CC(NC(=O)c1cc(-c2cccs2)nn1-c1ccccc1)C1CC1. The van der Waals surface area contributed by atoms with Crippen molar-refractivity contribution in [2.45, 2.75) is 25.8 Å². The van der Waals surface area contributed by atoms with Gasteiger partial charge in [-0.25, -0.2) is 4.68 Å². The van der Waals surface area contributed by atoms with Crippen molar-refractivity contribution in [3.63, 3.8) is 0 Å². The van der Waals surface area contributed by atoms with Crippen molar-refractivity contribution >= 4 is 17.2 Å². The number of aromatic nitrogens is 2. The molecule has 1 amide bonds. The predicted molar refractivity (Wildman–Crippen MR) is 96.5 cm³/mol. The summed E-state index contributed by atoms with van der Waals surface area (Å²) in [6.45, 7) is 2.08. The van der Waals surface area contributed by atoms with E-state index in [2.05, 4.69) is 17.3 Å². The lowest BCUT2D eigenvalue weighted by Crippen LogP contribution is -2.35. The molecule has 1 aromatic carbocycles. The van der Waals surface area contributed by atoms with E-state index in [1.807, 2.05) is 53.9 Å². The fourth-order valence-electron chi connectivity index (χ4n) is 2.85. The van der Waals surface area contributed by atoms with E-state index in [1.54, 1.807) is 16.0 Å². The number of hydrogen-bond donors (Lipinski definition) is 1. The molecule has 1 saturated carbocycles. The average molecular weight is 337 g/mol. The van der Waals surface area contributed by atoms with E-state index in [1.165, 1.54) is 12.8 Å². The van der Waals surface area contributed by atoms with Gasteiger partial charge in [-0.2, -0.15) is 5.10 Å². The van der Waals surface area contributed by atoms with E-state index in [-0.39, 0.29) is 11.9 Å². The van der Waals surface area contributed by atoms with Crippen molar-refractivity contribution in [2.75, 3.05) is 0 Å². The van der Waals surface area contributed by atoms with Gasteiger partial charge in [0.2, 0.25) is 0 Å². The van der Waals surface area contributed by atoms with Gasteiger partial charge in [0, 0.05) is 6.04 Å².